The van der Waals surface area contributed by atoms with Gasteiger partial charge in [-0.1, -0.05) is 13.0 Å². The largest absolute Gasteiger partial charge is 0.506 e. The van der Waals surface area contributed by atoms with Crippen molar-refractivity contribution < 1.29 is 42.9 Å². The molecule has 1 amide bonds. The molecule has 6 N–H and O–H groups in total. The zero-order chi connectivity index (χ0) is 32.5. The van der Waals surface area contributed by atoms with Crippen molar-refractivity contribution in [3.05, 3.63) is 53.6 Å². The predicted molar refractivity (Wildman–Crippen MR) is 165 cm³/mol. The van der Waals surface area contributed by atoms with E-state index in [4.69, 9.17) is 9.84 Å². The van der Waals surface area contributed by atoms with E-state index in [2.05, 4.69) is 20.3 Å². The molecule has 1 aliphatic rings. The Morgan fingerprint density at radius 2 is 1.75 bits per heavy atom. The van der Waals surface area contributed by atoms with Crippen LogP contribution in [0.2, 0.25) is 0 Å². The molecule has 2 atom stereocenters. The van der Waals surface area contributed by atoms with Crippen LogP contribution in [0, 0.1) is 0 Å². The van der Waals surface area contributed by atoms with Gasteiger partial charge in [0.2, 0.25) is 10.0 Å². The molecular formula is C30H42N4O9S. The van der Waals surface area contributed by atoms with Crippen molar-refractivity contribution in [2.75, 3.05) is 42.1 Å². The molecule has 0 saturated carbocycles. The van der Waals surface area contributed by atoms with E-state index in [0.717, 1.165) is 37.9 Å². The number of hydrogen-bond acceptors (Lipinski definition) is 10. The minimum Gasteiger partial charge on any atom is -0.506 e. The van der Waals surface area contributed by atoms with E-state index in [1.165, 1.54) is 18.2 Å². The molecule has 2 aromatic rings. The Morgan fingerprint density at radius 1 is 1.09 bits per heavy atom. The van der Waals surface area contributed by atoms with Gasteiger partial charge >= 0.3 is 11.9 Å². The van der Waals surface area contributed by atoms with E-state index in [0.29, 0.717) is 11.1 Å². The summed E-state index contributed by atoms with van der Waals surface area (Å²) >= 11 is 0. The van der Waals surface area contributed by atoms with E-state index in [1.54, 1.807) is 26.0 Å². The van der Waals surface area contributed by atoms with Gasteiger partial charge in [-0.3, -0.25) is 14.3 Å². The minimum absolute atomic E-state index is 0.00253. The minimum atomic E-state index is -3.59. The van der Waals surface area contributed by atoms with Crippen LogP contribution in [0.3, 0.4) is 0 Å². The van der Waals surface area contributed by atoms with Crippen LogP contribution >= 0.6 is 0 Å². The number of aromatic hydroxyl groups is 1. The normalized spacial score (nSPS) is 16.0. The number of benzene rings is 2. The smallest absolute Gasteiger partial charge is 0.331 e. The fourth-order valence-corrected chi connectivity index (χ4v) is 5.67. The second-order valence-electron chi connectivity index (χ2n) is 10.9. The Bertz CT molecular complexity index is 1410. The van der Waals surface area contributed by atoms with Gasteiger partial charge in [0.1, 0.15) is 11.3 Å². The van der Waals surface area contributed by atoms with Crippen LogP contribution < -0.4 is 20.3 Å². The van der Waals surface area contributed by atoms with Crippen LogP contribution in [0.1, 0.15) is 68.0 Å². The molecule has 1 aliphatic heterocycles. The van der Waals surface area contributed by atoms with Gasteiger partial charge in [0, 0.05) is 43.3 Å². The lowest BCUT2D eigenvalue weighted by atomic mass is 9.89. The summed E-state index contributed by atoms with van der Waals surface area (Å²) < 4.78 is 30.5. The van der Waals surface area contributed by atoms with Crippen molar-refractivity contribution in [3.8, 4) is 5.75 Å². The first-order valence-electron chi connectivity index (χ1n) is 14.6. The van der Waals surface area contributed by atoms with Crippen LogP contribution in [0.15, 0.2) is 42.5 Å². The van der Waals surface area contributed by atoms with Gasteiger partial charge in [-0.05, 0) is 74.6 Å². The molecule has 2 aromatic carbocycles. The standard InChI is InChI=1S/C30H42N4O9S/c1-4-30(15-12-27(37)38,29(40)43-5-2)32-28(39)20-6-9-23(10-7-20)34-16-13-22(14-17-34)31-19-26(36)21-8-11-25(35)24(18-21)33-44(3,41)42/h6-11,18,22,26,31,33,35-36H,4-5,12-17,19H2,1-3H3,(H,32,39)(H,37,38)/t26-,30-/m0/s1. The molecule has 13 nitrogen and oxygen atoms in total. The molecule has 0 unspecified atom stereocenters. The highest BCUT2D eigenvalue weighted by atomic mass is 32.2. The topological polar surface area (TPSA) is 195 Å². The molecule has 0 bridgehead atoms. The number of amides is 1. The lowest BCUT2D eigenvalue weighted by molar-refractivity contribution is -0.152. The summed E-state index contributed by atoms with van der Waals surface area (Å²) in [5.74, 6) is -2.46. The van der Waals surface area contributed by atoms with Crippen molar-refractivity contribution in [1.29, 1.82) is 0 Å². The van der Waals surface area contributed by atoms with Crippen molar-refractivity contribution in [2.45, 2.75) is 63.6 Å². The quantitative estimate of drug-likeness (QED) is 0.124. The van der Waals surface area contributed by atoms with Gasteiger partial charge in [0.25, 0.3) is 5.91 Å². The number of carbonyl (C=O) groups is 3. The maximum atomic E-state index is 13.1. The molecule has 0 spiro atoms. The maximum Gasteiger partial charge on any atom is 0.331 e. The predicted octanol–water partition coefficient (Wildman–Crippen LogP) is 2.36. The van der Waals surface area contributed by atoms with E-state index in [9.17, 15) is 33.0 Å². The summed E-state index contributed by atoms with van der Waals surface area (Å²) in [6.07, 6.45) is 1.47. The molecule has 0 aliphatic carbocycles. The summed E-state index contributed by atoms with van der Waals surface area (Å²) in [7, 11) is -3.59. The number of hydrogen-bond donors (Lipinski definition) is 6. The van der Waals surface area contributed by atoms with Crippen LogP contribution in [-0.4, -0.2) is 85.7 Å². The highest BCUT2D eigenvalue weighted by molar-refractivity contribution is 7.92. The summed E-state index contributed by atoms with van der Waals surface area (Å²) in [5, 5.41) is 35.8. The number of aliphatic carboxylic acids is 1. The van der Waals surface area contributed by atoms with Crippen LogP contribution in [0.4, 0.5) is 11.4 Å². The summed E-state index contributed by atoms with van der Waals surface area (Å²) in [6, 6.07) is 11.4. The van der Waals surface area contributed by atoms with Crippen LogP contribution in [-0.2, 0) is 24.3 Å². The average Bonchev–Trinajstić information content (AvgIpc) is 2.98. The number of piperidine rings is 1. The molecule has 0 aromatic heterocycles. The van der Waals surface area contributed by atoms with Crippen molar-refractivity contribution in [1.82, 2.24) is 10.6 Å². The van der Waals surface area contributed by atoms with Gasteiger partial charge in [-0.15, -0.1) is 0 Å². The SMILES string of the molecule is CCOC(=O)[C@](CC)(CCC(=O)O)NC(=O)c1ccc(N2CCC(NC[C@H](O)c3ccc(O)c(NS(C)(=O)=O)c3)CC2)cc1. The molecule has 1 saturated heterocycles. The van der Waals surface area contributed by atoms with Gasteiger partial charge in [0.15, 0.2) is 0 Å². The number of anilines is 2. The molecule has 1 heterocycles. The van der Waals surface area contributed by atoms with Gasteiger partial charge in [0.05, 0.1) is 24.7 Å². The zero-order valence-electron chi connectivity index (χ0n) is 25.2. The monoisotopic (exact) mass is 634 g/mol. The number of aliphatic hydroxyl groups excluding tert-OH is 1. The number of aliphatic hydroxyl groups is 1. The van der Waals surface area contributed by atoms with Gasteiger partial charge in [-0.2, -0.15) is 0 Å². The fraction of sp³-hybridized carbons (Fsp3) is 0.500. The molecule has 14 heteroatoms. The lowest BCUT2D eigenvalue weighted by Crippen LogP contribution is -2.55. The number of carboxylic acids is 1. The van der Waals surface area contributed by atoms with Crippen molar-refractivity contribution in [3.63, 3.8) is 0 Å². The second-order valence-corrected chi connectivity index (χ2v) is 12.6. The van der Waals surface area contributed by atoms with E-state index in [1.807, 2.05) is 12.1 Å². The number of carbonyl (C=O) groups excluding carboxylic acids is 2. The highest BCUT2D eigenvalue weighted by Crippen LogP contribution is 2.28. The van der Waals surface area contributed by atoms with E-state index >= 15 is 0 Å². The Balaban J connectivity index is 1.55. The molecule has 0 radical (unpaired) electrons. The number of carboxylic acid groups (broad SMARTS) is 1. The second kappa shape index (κ2) is 15.2. The average molecular weight is 635 g/mol. The maximum absolute atomic E-state index is 13.1. The number of nitrogens with one attached hydrogen (secondary N) is 3. The molecule has 242 valence electrons. The molecule has 44 heavy (non-hydrogen) atoms. The van der Waals surface area contributed by atoms with E-state index < -0.39 is 39.5 Å². The third-order valence-electron chi connectivity index (χ3n) is 7.68. The Morgan fingerprint density at radius 3 is 2.32 bits per heavy atom. The Hall–Kier alpha value is -3.88. The number of nitrogens with zero attached hydrogens (tertiary/aromatic N) is 1. The summed E-state index contributed by atoms with van der Waals surface area (Å²) in [5.41, 5.74) is 0.282. The zero-order valence-corrected chi connectivity index (χ0v) is 26.0. The first kappa shape index (κ1) is 34.6. The van der Waals surface area contributed by atoms with Gasteiger partial charge in [-0.25, -0.2) is 13.2 Å². The first-order chi connectivity index (χ1) is 20.8. The lowest BCUT2D eigenvalue weighted by Gasteiger charge is -2.34. The van der Waals surface area contributed by atoms with E-state index in [-0.39, 0.29) is 49.9 Å². The van der Waals surface area contributed by atoms with Crippen molar-refractivity contribution in [2.24, 2.45) is 0 Å². The highest BCUT2D eigenvalue weighted by Gasteiger charge is 2.40. The Labute approximate surface area is 257 Å². The number of esters is 1. The number of ether oxygens (including phenoxy) is 1. The number of rotatable bonds is 15. The molecule has 1 fully saturated rings. The third-order valence-corrected chi connectivity index (χ3v) is 8.27. The van der Waals surface area contributed by atoms with Crippen LogP contribution in [0.25, 0.3) is 0 Å². The number of phenolic OH excluding ortho intramolecular Hbond substituents is 1. The van der Waals surface area contributed by atoms with Gasteiger partial charge < -0.3 is 35.6 Å². The fourth-order valence-electron chi connectivity index (χ4n) is 5.11. The number of phenols is 1. The summed E-state index contributed by atoms with van der Waals surface area (Å²) in [4.78, 5) is 39.1. The summed E-state index contributed by atoms with van der Waals surface area (Å²) in [6.45, 7) is 5.17. The number of sulfonamides is 1. The first-order valence-corrected chi connectivity index (χ1v) is 16.4. The van der Waals surface area contributed by atoms with Crippen LogP contribution in [0.5, 0.6) is 5.75 Å². The molecular weight excluding hydrogens is 592 g/mol. The molecule has 3 rings (SSSR count). The third kappa shape index (κ3) is 9.56. The Kier molecular flexibility index (Phi) is 12.0. The van der Waals surface area contributed by atoms with Crippen molar-refractivity contribution >= 4 is 39.2 Å².